The Morgan fingerprint density at radius 1 is 1.14 bits per heavy atom. The first kappa shape index (κ1) is 15.7. The molecule has 0 unspecified atom stereocenters. The van der Waals surface area contributed by atoms with E-state index in [1.807, 2.05) is 6.92 Å². The lowest BCUT2D eigenvalue weighted by molar-refractivity contribution is 0.553. The van der Waals surface area contributed by atoms with Crippen molar-refractivity contribution in [1.82, 2.24) is 0 Å². The van der Waals surface area contributed by atoms with Gasteiger partial charge in [-0.15, -0.1) is 0 Å². The minimum Gasteiger partial charge on any atom is -0.396 e. The van der Waals surface area contributed by atoms with Gasteiger partial charge in [0.15, 0.2) is 0 Å². The molecule has 8 heteroatoms. The standard InChI is InChI=1S/C13H11BrF2N2O2S/c1-7-2-3-8(4-9(7)14)18-21(19,20)13-6-12(17)10(15)5-11(13)16/h2-6,18H,17H2,1H3. The van der Waals surface area contributed by atoms with Crippen LogP contribution >= 0.6 is 15.9 Å². The summed E-state index contributed by atoms with van der Waals surface area (Å²) >= 11 is 3.27. The molecule has 0 amide bonds. The van der Waals surface area contributed by atoms with E-state index in [4.69, 9.17) is 5.73 Å². The molecule has 0 atom stereocenters. The van der Waals surface area contributed by atoms with Gasteiger partial charge in [0.2, 0.25) is 0 Å². The first-order chi connectivity index (χ1) is 9.70. The molecule has 0 saturated heterocycles. The van der Waals surface area contributed by atoms with Gasteiger partial charge in [-0.3, -0.25) is 4.72 Å². The van der Waals surface area contributed by atoms with Crippen LogP contribution in [0.2, 0.25) is 0 Å². The smallest absolute Gasteiger partial charge is 0.264 e. The molecule has 112 valence electrons. The number of halogens is 3. The van der Waals surface area contributed by atoms with Gasteiger partial charge in [-0.1, -0.05) is 22.0 Å². The SMILES string of the molecule is Cc1ccc(NS(=O)(=O)c2cc(N)c(F)cc2F)cc1Br. The van der Waals surface area contributed by atoms with Crippen molar-refractivity contribution in [2.75, 3.05) is 10.5 Å². The molecular weight excluding hydrogens is 366 g/mol. The molecule has 0 fully saturated rings. The van der Waals surface area contributed by atoms with E-state index in [0.29, 0.717) is 10.5 Å². The van der Waals surface area contributed by atoms with Crippen LogP contribution in [0.1, 0.15) is 5.56 Å². The van der Waals surface area contributed by atoms with Crippen molar-refractivity contribution in [3.63, 3.8) is 0 Å². The number of rotatable bonds is 3. The van der Waals surface area contributed by atoms with Gasteiger partial charge in [0, 0.05) is 16.2 Å². The van der Waals surface area contributed by atoms with Crippen LogP contribution < -0.4 is 10.5 Å². The average molecular weight is 377 g/mol. The van der Waals surface area contributed by atoms with Crippen molar-refractivity contribution < 1.29 is 17.2 Å². The Hall–Kier alpha value is -1.67. The molecule has 0 saturated carbocycles. The summed E-state index contributed by atoms with van der Waals surface area (Å²) in [6.07, 6.45) is 0. The minimum absolute atomic E-state index is 0.245. The van der Waals surface area contributed by atoms with Crippen molar-refractivity contribution in [1.29, 1.82) is 0 Å². The minimum atomic E-state index is -4.21. The first-order valence-electron chi connectivity index (χ1n) is 5.74. The molecule has 2 aromatic rings. The molecule has 0 radical (unpaired) electrons. The Bertz CT molecular complexity index is 810. The zero-order chi connectivity index (χ0) is 15.8. The quantitative estimate of drug-likeness (QED) is 0.806. The highest BCUT2D eigenvalue weighted by Gasteiger charge is 2.21. The van der Waals surface area contributed by atoms with Crippen molar-refractivity contribution >= 4 is 37.3 Å². The van der Waals surface area contributed by atoms with Gasteiger partial charge in [-0.25, -0.2) is 17.2 Å². The maximum absolute atomic E-state index is 13.6. The highest BCUT2D eigenvalue weighted by atomic mass is 79.9. The summed E-state index contributed by atoms with van der Waals surface area (Å²) < 4.78 is 53.9. The third kappa shape index (κ3) is 3.33. The lowest BCUT2D eigenvalue weighted by Gasteiger charge is -2.11. The number of benzene rings is 2. The molecule has 2 aromatic carbocycles. The molecule has 0 spiro atoms. The number of hydrogen-bond acceptors (Lipinski definition) is 3. The van der Waals surface area contributed by atoms with Crippen molar-refractivity contribution in [2.45, 2.75) is 11.8 Å². The number of aryl methyl sites for hydroxylation is 1. The van der Waals surface area contributed by atoms with Crippen LogP contribution in [0.5, 0.6) is 0 Å². The second kappa shape index (κ2) is 5.61. The summed E-state index contributed by atoms with van der Waals surface area (Å²) in [5.74, 6) is -2.22. The largest absolute Gasteiger partial charge is 0.396 e. The van der Waals surface area contributed by atoms with Gasteiger partial charge >= 0.3 is 0 Å². The Kier molecular flexibility index (Phi) is 4.20. The molecule has 0 aromatic heterocycles. The van der Waals surface area contributed by atoms with Crippen LogP contribution in [0.15, 0.2) is 39.7 Å². The molecule has 3 N–H and O–H groups in total. The Balaban J connectivity index is 2.43. The zero-order valence-corrected chi connectivity index (χ0v) is 13.2. The maximum Gasteiger partial charge on any atom is 0.264 e. The van der Waals surface area contributed by atoms with Gasteiger partial charge in [-0.2, -0.15) is 0 Å². The highest BCUT2D eigenvalue weighted by molar-refractivity contribution is 9.10. The van der Waals surface area contributed by atoms with Crippen LogP contribution in [0.25, 0.3) is 0 Å². The van der Waals surface area contributed by atoms with Crippen molar-refractivity contribution in [3.05, 3.63) is 52.0 Å². The molecule has 0 aliphatic heterocycles. The van der Waals surface area contributed by atoms with Crippen LogP contribution in [-0.4, -0.2) is 8.42 Å². The maximum atomic E-state index is 13.6. The highest BCUT2D eigenvalue weighted by Crippen LogP contribution is 2.25. The number of nitrogen functional groups attached to an aromatic ring is 1. The van der Waals surface area contributed by atoms with Gasteiger partial charge in [0.1, 0.15) is 16.5 Å². The zero-order valence-electron chi connectivity index (χ0n) is 10.8. The summed E-state index contributed by atoms with van der Waals surface area (Å²) in [5.41, 5.74) is 6.00. The molecule has 21 heavy (non-hydrogen) atoms. The fraction of sp³-hybridized carbons (Fsp3) is 0.0769. The van der Waals surface area contributed by atoms with Crippen molar-refractivity contribution in [2.24, 2.45) is 0 Å². The molecule has 0 aliphatic carbocycles. The lowest BCUT2D eigenvalue weighted by atomic mass is 10.2. The number of nitrogens with two attached hydrogens (primary N) is 1. The van der Waals surface area contributed by atoms with E-state index >= 15 is 0 Å². The number of nitrogens with one attached hydrogen (secondary N) is 1. The number of sulfonamides is 1. The summed E-state index contributed by atoms with van der Waals surface area (Å²) in [7, 11) is -4.21. The van der Waals surface area contributed by atoms with E-state index in [9.17, 15) is 17.2 Å². The van der Waals surface area contributed by atoms with Gasteiger partial charge < -0.3 is 5.73 Å². The average Bonchev–Trinajstić information content (AvgIpc) is 2.37. The Labute approximate surface area is 129 Å². The fourth-order valence-corrected chi connectivity index (χ4v) is 3.14. The molecule has 4 nitrogen and oxygen atoms in total. The molecular formula is C13H11BrF2N2O2S. The number of anilines is 2. The predicted octanol–water partition coefficient (Wildman–Crippen LogP) is 3.42. The van der Waals surface area contributed by atoms with E-state index < -0.39 is 32.2 Å². The summed E-state index contributed by atoms with van der Waals surface area (Å²) in [4.78, 5) is -0.710. The molecule has 2 rings (SSSR count). The second-order valence-electron chi connectivity index (χ2n) is 4.37. The topological polar surface area (TPSA) is 72.2 Å². The van der Waals surface area contributed by atoms with E-state index in [-0.39, 0.29) is 5.69 Å². The van der Waals surface area contributed by atoms with Crippen LogP contribution in [-0.2, 0) is 10.0 Å². The summed E-state index contributed by atoms with van der Waals surface area (Å²) in [6.45, 7) is 1.84. The second-order valence-corrected chi connectivity index (χ2v) is 6.88. The van der Waals surface area contributed by atoms with Crippen LogP contribution in [0.3, 0.4) is 0 Å². The van der Waals surface area contributed by atoms with E-state index in [0.717, 1.165) is 11.6 Å². The Morgan fingerprint density at radius 2 is 1.81 bits per heavy atom. The van der Waals surface area contributed by atoms with E-state index in [2.05, 4.69) is 20.7 Å². The third-order valence-electron chi connectivity index (χ3n) is 2.76. The van der Waals surface area contributed by atoms with Gasteiger partial charge in [0.25, 0.3) is 10.0 Å². The monoisotopic (exact) mass is 376 g/mol. The molecule has 0 heterocycles. The van der Waals surface area contributed by atoms with Gasteiger partial charge in [-0.05, 0) is 30.7 Å². The van der Waals surface area contributed by atoms with Crippen LogP contribution in [0.4, 0.5) is 20.2 Å². The van der Waals surface area contributed by atoms with Crippen LogP contribution in [0, 0.1) is 18.6 Å². The normalized spacial score (nSPS) is 11.4. The Morgan fingerprint density at radius 3 is 2.43 bits per heavy atom. The molecule has 0 aliphatic rings. The van der Waals surface area contributed by atoms with Crippen molar-refractivity contribution in [3.8, 4) is 0 Å². The number of hydrogen-bond donors (Lipinski definition) is 2. The summed E-state index contributed by atoms with van der Waals surface area (Å²) in [6, 6.07) is 5.95. The molecule has 0 bridgehead atoms. The fourth-order valence-electron chi connectivity index (χ4n) is 1.62. The lowest BCUT2D eigenvalue weighted by Crippen LogP contribution is -2.15. The van der Waals surface area contributed by atoms with E-state index in [1.165, 1.54) is 12.1 Å². The summed E-state index contributed by atoms with van der Waals surface area (Å²) in [5, 5.41) is 0. The van der Waals surface area contributed by atoms with Gasteiger partial charge in [0.05, 0.1) is 5.69 Å². The first-order valence-corrected chi connectivity index (χ1v) is 8.02. The van der Waals surface area contributed by atoms with E-state index in [1.54, 1.807) is 6.07 Å². The third-order valence-corrected chi connectivity index (χ3v) is 5.02. The predicted molar refractivity (Wildman–Crippen MR) is 80.5 cm³/mol.